The molecule has 1 saturated heterocycles. The molecule has 0 spiro atoms. The summed E-state index contributed by atoms with van der Waals surface area (Å²) in [6.45, 7) is 5.87. The van der Waals surface area contributed by atoms with Gasteiger partial charge in [0.05, 0.1) is 12.7 Å². The lowest BCUT2D eigenvalue weighted by Gasteiger charge is -2.28. The topological polar surface area (TPSA) is 84.9 Å². The average molecular weight is 348 g/mol. The molecule has 0 radical (unpaired) electrons. The molecular formula is C18H24N2O5. The maximum absolute atomic E-state index is 12.5. The van der Waals surface area contributed by atoms with E-state index in [1.807, 2.05) is 0 Å². The Labute approximate surface area is 147 Å². The molecule has 1 heterocycles. The molecule has 0 unspecified atom stereocenters. The first-order valence-corrected chi connectivity index (χ1v) is 8.20. The van der Waals surface area contributed by atoms with E-state index < -0.39 is 23.7 Å². The van der Waals surface area contributed by atoms with E-state index in [1.165, 1.54) is 12.0 Å². The Balaban J connectivity index is 2.01. The number of carbonyl (C=O) groups excluding carboxylic acids is 3. The fraction of sp³-hybridized carbons (Fsp3) is 0.500. The van der Waals surface area contributed by atoms with Crippen LogP contribution in [0.25, 0.3) is 0 Å². The predicted octanol–water partition coefficient (Wildman–Crippen LogP) is 2.81. The van der Waals surface area contributed by atoms with Crippen molar-refractivity contribution in [3.8, 4) is 0 Å². The van der Waals surface area contributed by atoms with Crippen molar-refractivity contribution in [3.63, 3.8) is 0 Å². The molecule has 1 aromatic rings. The van der Waals surface area contributed by atoms with E-state index in [2.05, 4.69) is 10.1 Å². The number of nitrogens with zero attached hydrogens (tertiary/aromatic N) is 1. The fourth-order valence-electron chi connectivity index (χ4n) is 2.61. The number of ether oxygens (including phenoxy) is 2. The van der Waals surface area contributed by atoms with E-state index in [0.717, 1.165) is 6.42 Å². The van der Waals surface area contributed by atoms with E-state index in [4.69, 9.17) is 4.74 Å². The molecule has 1 aliphatic rings. The van der Waals surface area contributed by atoms with Gasteiger partial charge in [0.2, 0.25) is 5.91 Å². The van der Waals surface area contributed by atoms with Gasteiger partial charge in [-0.15, -0.1) is 0 Å². The van der Waals surface area contributed by atoms with E-state index >= 15 is 0 Å². The number of methoxy groups -OCH3 is 1. The maximum atomic E-state index is 12.5. The minimum absolute atomic E-state index is 0.269. The molecule has 1 aromatic carbocycles. The summed E-state index contributed by atoms with van der Waals surface area (Å²) in [6, 6.07) is 5.83. The standard InChI is InChI=1S/C18H24N2O5/c1-18(2,3)25-17(23)20-11-5-6-14(20)15(21)19-13-9-7-12(8-10-13)16(22)24-4/h7-10,14H,5-6,11H2,1-4H3,(H,19,21)/t14-/m1/s1. The lowest BCUT2D eigenvalue weighted by atomic mass is 10.1. The van der Waals surface area contributed by atoms with Crippen LogP contribution in [0.15, 0.2) is 24.3 Å². The van der Waals surface area contributed by atoms with Crippen LogP contribution in [0.5, 0.6) is 0 Å². The van der Waals surface area contributed by atoms with Crippen molar-refractivity contribution in [2.24, 2.45) is 0 Å². The van der Waals surface area contributed by atoms with Gasteiger partial charge in [0.15, 0.2) is 0 Å². The minimum atomic E-state index is -0.607. The van der Waals surface area contributed by atoms with Gasteiger partial charge >= 0.3 is 12.1 Å². The molecule has 2 amide bonds. The van der Waals surface area contributed by atoms with Crippen LogP contribution in [-0.4, -0.2) is 48.2 Å². The zero-order valence-corrected chi connectivity index (χ0v) is 15.0. The van der Waals surface area contributed by atoms with Crippen molar-refractivity contribution in [1.82, 2.24) is 4.90 Å². The highest BCUT2D eigenvalue weighted by Gasteiger charge is 2.36. The SMILES string of the molecule is COC(=O)c1ccc(NC(=O)[C@H]2CCCN2C(=O)OC(C)(C)C)cc1. The molecule has 1 aliphatic heterocycles. The third kappa shape index (κ3) is 4.95. The smallest absolute Gasteiger partial charge is 0.410 e. The van der Waals surface area contributed by atoms with Crippen LogP contribution >= 0.6 is 0 Å². The Kier molecular flexibility index (Phi) is 5.66. The molecule has 7 nitrogen and oxygen atoms in total. The summed E-state index contributed by atoms with van der Waals surface area (Å²) in [6.07, 6.45) is 0.857. The van der Waals surface area contributed by atoms with Gasteiger partial charge in [-0.2, -0.15) is 0 Å². The van der Waals surface area contributed by atoms with Crippen molar-refractivity contribution in [1.29, 1.82) is 0 Å². The van der Waals surface area contributed by atoms with E-state index in [-0.39, 0.29) is 5.91 Å². The molecule has 1 atom stereocenters. The molecule has 0 aliphatic carbocycles. The molecule has 0 bridgehead atoms. The first-order valence-electron chi connectivity index (χ1n) is 8.20. The molecule has 136 valence electrons. The second-order valence-electron chi connectivity index (χ2n) is 6.89. The van der Waals surface area contributed by atoms with Crippen LogP contribution in [0.1, 0.15) is 44.0 Å². The van der Waals surface area contributed by atoms with Gasteiger partial charge in [-0.25, -0.2) is 9.59 Å². The van der Waals surface area contributed by atoms with Crippen LogP contribution in [0.4, 0.5) is 10.5 Å². The van der Waals surface area contributed by atoms with Crippen LogP contribution in [0.2, 0.25) is 0 Å². The lowest BCUT2D eigenvalue weighted by Crippen LogP contribution is -2.45. The number of likely N-dealkylation sites (tertiary alicyclic amines) is 1. The molecule has 1 fully saturated rings. The van der Waals surface area contributed by atoms with Gasteiger partial charge in [0.1, 0.15) is 11.6 Å². The number of anilines is 1. The summed E-state index contributed by atoms with van der Waals surface area (Å²) in [5.74, 6) is -0.709. The highest BCUT2D eigenvalue weighted by molar-refractivity contribution is 5.97. The minimum Gasteiger partial charge on any atom is -0.465 e. The zero-order chi connectivity index (χ0) is 18.6. The maximum Gasteiger partial charge on any atom is 0.410 e. The van der Waals surface area contributed by atoms with Crippen molar-refractivity contribution >= 4 is 23.7 Å². The number of carbonyl (C=O) groups is 3. The van der Waals surface area contributed by atoms with Gasteiger partial charge in [-0.05, 0) is 57.9 Å². The molecular weight excluding hydrogens is 324 g/mol. The Hall–Kier alpha value is -2.57. The van der Waals surface area contributed by atoms with Crippen LogP contribution < -0.4 is 5.32 Å². The molecule has 25 heavy (non-hydrogen) atoms. The summed E-state index contributed by atoms with van der Waals surface area (Å²) < 4.78 is 10.00. The molecule has 1 N–H and O–H groups in total. The van der Waals surface area contributed by atoms with Gasteiger partial charge < -0.3 is 14.8 Å². The predicted molar refractivity (Wildman–Crippen MR) is 92.4 cm³/mol. The zero-order valence-electron chi connectivity index (χ0n) is 15.0. The Morgan fingerprint density at radius 1 is 1.16 bits per heavy atom. The number of nitrogens with one attached hydrogen (secondary N) is 1. The second kappa shape index (κ2) is 7.55. The number of benzene rings is 1. The summed E-state index contributed by atoms with van der Waals surface area (Å²) in [5, 5.41) is 2.78. The molecule has 0 aromatic heterocycles. The third-order valence-electron chi connectivity index (χ3n) is 3.76. The summed E-state index contributed by atoms with van der Waals surface area (Å²) in [5.41, 5.74) is 0.343. The highest BCUT2D eigenvalue weighted by atomic mass is 16.6. The number of amides is 2. The largest absolute Gasteiger partial charge is 0.465 e. The third-order valence-corrected chi connectivity index (χ3v) is 3.76. The van der Waals surface area contributed by atoms with Crippen molar-refractivity contribution in [3.05, 3.63) is 29.8 Å². The Bertz CT molecular complexity index is 648. The molecule has 7 heteroatoms. The van der Waals surface area contributed by atoms with Gasteiger partial charge in [-0.3, -0.25) is 9.69 Å². The first-order chi connectivity index (χ1) is 11.7. The first kappa shape index (κ1) is 18.8. The molecule has 2 rings (SSSR count). The Morgan fingerprint density at radius 3 is 2.36 bits per heavy atom. The van der Waals surface area contributed by atoms with Crippen LogP contribution in [0, 0.1) is 0 Å². The van der Waals surface area contributed by atoms with Crippen LogP contribution in [-0.2, 0) is 14.3 Å². The Morgan fingerprint density at radius 2 is 1.80 bits per heavy atom. The normalized spacial score (nSPS) is 17.1. The number of hydrogen-bond donors (Lipinski definition) is 1. The summed E-state index contributed by atoms with van der Waals surface area (Å²) >= 11 is 0. The average Bonchev–Trinajstić information content (AvgIpc) is 3.03. The quantitative estimate of drug-likeness (QED) is 0.849. The van der Waals surface area contributed by atoms with Crippen molar-refractivity contribution < 1.29 is 23.9 Å². The van der Waals surface area contributed by atoms with Crippen molar-refractivity contribution in [2.45, 2.75) is 45.3 Å². The lowest BCUT2D eigenvalue weighted by molar-refractivity contribution is -0.120. The second-order valence-corrected chi connectivity index (χ2v) is 6.89. The van der Waals surface area contributed by atoms with Crippen molar-refractivity contribution in [2.75, 3.05) is 19.0 Å². The summed E-state index contributed by atoms with van der Waals surface area (Å²) in [4.78, 5) is 37.7. The van der Waals surface area contributed by atoms with E-state index in [9.17, 15) is 14.4 Å². The monoisotopic (exact) mass is 348 g/mol. The van der Waals surface area contributed by atoms with Crippen LogP contribution in [0.3, 0.4) is 0 Å². The van der Waals surface area contributed by atoms with E-state index in [0.29, 0.717) is 24.2 Å². The number of rotatable bonds is 3. The molecule has 0 saturated carbocycles. The number of hydrogen-bond acceptors (Lipinski definition) is 5. The van der Waals surface area contributed by atoms with E-state index in [1.54, 1.807) is 45.0 Å². The van der Waals surface area contributed by atoms with Gasteiger partial charge in [-0.1, -0.05) is 0 Å². The fourth-order valence-corrected chi connectivity index (χ4v) is 2.61. The van der Waals surface area contributed by atoms with Gasteiger partial charge in [0, 0.05) is 12.2 Å². The summed E-state index contributed by atoms with van der Waals surface area (Å²) in [7, 11) is 1.31. The highest BCUT2D eigenvalue weighted by Crippen LogP contribution is 2.22. The van der Waals surface area contributed by atoms with Gasteiger partial charge in [0.25, 0.3) is 0 Å². The number of esters is 1.